The lowest BCUT2D eigenvalue weighted by atomic mass is 10.2. The highest BCUT2D eigenvalue weighted by Gasteiger charge is 2.13. The number of rotatable bonds is 4. The lowest BCUT2D eigenvalue weighted by molar-refractivity contribution is -0.134. The molecule has 1 heterocycles. The van der Waals surface area contributed by atoms with Crippen molar-refractivity contribution in [3.63, 3.8) is 0 Å². The third kappa shape index (κ3) is 3.61. The minimum atomic E-state index is -0.155. The van der Waals surface area contributed by atoms with Crippen molar-refractivity contribution in [2.75, 3.05) is 0 Å². The molecule has 2 rings (SSSR count). The molecule has 0 radical (unpaired) electrons. The van der Waals surface area contributed by atoms with Gasteiger partial charge >= 0.3 is 5.97 Å². The van der Waals surface area contributed by atoms with Crippen molar-refractivity contribution < 1.29 is 9.53 Å². The molecule has 0 saturated carbocycles. The highest BCUT2D eigenvalue weighted by molar-refractivity contribution is 8.78. The third-order valence-corrected chi connectivity index (χ3v) is 4.56. The topological polar surface area (TPSA) is 26.3 Å². The third-order valence-electron chi connectivity index (χ3n) is 2.14. The van der Waals surface area contributed by atoms with Crippen LogP contribution in [-0.4, -0.2) is 11.2 Å². The summed E-state index contributed by atoms with van der Waals surface area (Å²) in [6, 6.07) is 9.19. The van der Waals surface area contributed by atoms with Crippen LogP contribution in [0.4, 0.5) is 0 Å². The SMILES string of the molecule is O=C(CCC1C=CSS1)Oc1ccccc1. The molecular formula is C12H12O2S2. The fourth-order valence-corrected chi connectivity index (χ4v) is 3.54. The minimum Gasteiger partial charge on any atom is -0.427 e. The molecule has 1 unspecified atom stereocenters. The Bertz CT molecular complexity index is 376. The van der Waals surface area contributed by atoms with Crippen LogP contribution in [0.1, 0.15) is 12.8 Å². The second-order valence-electron chi connectivity index (χ2n) is 3.39. The second-order valence-corrected chi connectivity index (χ2v) is 5.80. The van der Waals surface area contributed by atoms with Gasteiger partial charge in [-0.3, -0.25) is 4.79 Å². The van der Waals surface area contributed by atoms with Crippen LogP contribution in [0.3, 0.4) is 0 Å². The number of para-hydroxylation sites is 1. The summed E-state index contributed by atoms with van der Waals surface area (Å²) >= 11 is 0. The van der Waals surface area contributed by atoms with Gasteiger partial charge in [0.2, 0.25) is 0 Å². The first-order valence-electron chi connectivity index (χ1n) is 5.09. The zero-order valence-electron chi connectivity index (χ0n) is 8.67. The molecule has 0 aromatic heterocycles. The molecule has 1 aliphatic rings. The summed E-state index contributed by atoms with van der Waals surface area (Å²) in [6.45, 7) is 0. The van der Waals surface area contributed by atoms with Crippen molar-refractivity contribution in [1.82, 2.24) is 0 Å². The molecule has 0 aliphatic carbocycles. The molecule has 16 heavy (non-hydrogen) atoms. The number of hydrogen-bond acceptors (Lipinski definition) is 4. The van der Waals surface area contributed by atoms with E-state index in [-0.39, 0.29) is 5.97 Å². The summed E-state index contributed by atoms with van der Waals surface area (Å²) in [6.07, 6.45) is 3.45. The van der Waals surface area contributed by atoms with Gasteiger partial charge in [-0.1, -0.05) is 45.9 Å². The monoisotopic (exact) mass is 252 g/mol. The Kier molecular flexibility index (Phi) is 4.36. The number of esters is 1. The number of benzene rings is 1. The predicted octanol–water partition coefficient (Wildman–Crippen LogP) is 3.65. The van der Waals surface area contributed by atoms with Crippen LogP contribution in [0.15, 0.2) is 41.8 Å². The molecule has 1 aromatic carbocycles. The van der Waals surface area contributed by atoms with Crippen molar-refractivity contribution in [3.05, 3.63) is 41.8 Å². The van der Waals surface area contributed by atoms with Crippen LogP contribution in [0.2, 0.25) is 0 Å². The number of carbonyl (C=O) groups is 1. The summed E-state index contributed by atoms with van der Waals surface area (Å²) in [7, 11) is 3.51. The maximum atomic E-state index is 11.5. The van der Waals surface area contributed by atoms with Gasteiger partial charge in [-0.05, 0) is 24.0 Å². The molecule has 84 valence electrons. The molecule has 0 amide bonds. The van der Waals surface area contributed by atoms with E-state index in [1.807, 2.05) is 18.2 Å². The minimum absolute atomic E-state index is 0.155. The Morgan fingerprint density at radius 2 is 2.12 bits per heavy atom. The van der Waals surface area contributed by atoms with Crippen molar-refractivity contribution >= 4 is 27.6 Å². The number of carbonyl (C=O) groups excluding carboxylic acids is 1. The van der Waals surface area contributed by atoms with E-state index in [4.69, 9.17) is 4.74 Å². The fourth-order valence-electron chi connectivity index (χ4n) is 1.33. The normalized spacial score (nSPS) is 18.6. The Morgan fingerprint density at radius 3 is 2.81 bits per heavy atom. The van der Waals surface area contributed by atoms with E-state index in [9.17, 15) is 4.79 Å². The largest absolute Gasteiger partial charge is 0.427 e. The fraction of sp³-hybridized carbons (Fsp3) is 0.250. The smallest absolute Gasteiger partial charge is 0.311 e. The highest BCUT2D eigenvalue weighted by atomic mass is 33.1. The summed E-state index contributed by atoms with van der Waals surface area (Å²) in [5.41, 5.74) is 0. The Labute approximate surface area is 103 Å². The Morgan fingerprint density at radius 1 is 1.31 bits per heavy atom. The maximum absolute atomic E-state index is 11.5. The van der Waals surface area contributed by atoms with Gasteiger partial charge in [-0.25, -0.2) is 0 Å². The van der Waals surface area contributed by atoms with Crippen molar-refractivity contribution in [3.8, 4) is 5.75 Å². The quantitative estimate of drug-likeness (QED) is 0.464. The zero-order chi connectivity index (χ0) is 11.2. The first-order valence-corrected chi connectivity index (χ1v) is 7.37. The van der Waals surface area contributed by atoms with Crippen molar-refractivity contribution in [2.24, 2.45) is 0 Å². The van der Waals surface area contributed by atoms with E-state index in [1.54, 1.807) is 33.7 Å². The zero-order valence-corrected chi connectivity index (χ0v) is 10.3. The van der Waals surface area contributed by atoms with Gasteiger partial charge in [-0.2, -0.15) is 0 Å². The molecule has 2 nitrogen and oxygen atoms in total. The Hall–Kier alpha value is -0.870. The summed E-state index contributed by atoms with van der Waals surface area (Å²) in [5.74, 6) is 0.466. The lowest BCUT2D eigenvalue weighted by Crippen LogP contribution is -2.09. The molecule has 1 atom stereocenters. The van der Waals surface area contributed by atoms with Crippen LogP contribution in [0, 0.1) is 0 Å². The molecule has 0 bridgehead atoms. The molecular weight excluding hydrogens is 240 g/mol. The van der Waals surface area contributed by atoms with Gasteiger partial charge in [0.1, 0.15) is 5.75 Å². The van der Waals surface area contributed by atoms with Gasteiger partial charge in [0.15, 0.2) is 0 Å². The summed E-state index contributed by atoms with van der Waals surface area (Å²) in [4.78, 5) is 11.5. The molecule has 0 spiro atoms. The first-order chi connectivity index (χ1) is 7.84. The lowest BCUT2D eigenvalue weighted by Gasteiger charge is -2.06. The average Bonchev–Trinajstić information content (AvgIpc) is 2.81. The highest BCUT2D eigenvalue weighted by Crippen LogP contribution is 2.37. The number of ether oxygens (including phenoxy) is 1. The van der Waals surface area contributed by atoms with Crippen LogP contribution >= 0.6 is 21.6 Å². The van der Waals surface area contributed by atoms with Gasteiger partial charge in [-0.15, -0.1) is 0 Å². The van der Waals surface area contributed by atoms with E-state index < -0.39 is 0 Å². The first kappa shape index (κ1) is 11.6. The average molecular weight is 252 g/mol. The second kappa shape index (κ2) is 6.01. The summed E-state index contributed by atoms with van der Waals surface area (Å²) in [5, 5.41) is 2.52. The maximum Gasteiger partial charge on any atom is 0.311 e. The van der Waals surface area contributed by atoms with E-state index in [0.717, 1.165) is 6.42 Å². The van der Waals surface area contributed by atoms with E-state index >= 15 is 0 Å². The molecule has 1 aliphatic heterocycles. The molecule has 4 heteroatoms. The number of hydrogen-bond donors (Lipinski definition) is 0. The van der Waals surface area contributed by atoms with Crippen molar-refractivity contribution in [1.29, 1.82) is 0 Å². The van der Waals surface area contributed by atoms with Crippen LogP contribution in [-0.2, 0) is 4.79 Å². The van der Waals surface area contributed by atoms with Crippen molar-refractivity contribution in [2.45, 2.75) is 18.1 Å². The Balaban J connectivity index is 1.74. The van der Waals surface area contributed by atoms with Crippen LogP contribution in [0.5, 0.6) is 5.75 Å². The molecule has 0 saturated heterocycles. The standard InChI is InChI=1S/C12H12O2S2/c13-12(7-6-11-8-9-15-16-11)14-10-4-2-1-3-5-10/h1-5,8-9,11H,6-7H2. The molecule has 0 fully saturated rings. The van der Waals surface area contributed by atoms with Gasteiger partial charge in [0.05, 0.1) is 0 Å². The van der Waals surface area contributed by atoms with Crippen LogP contribution < -0.4 is 4.74 Å². The van der Waals surface area contributed by atoms with Gasteiger partial charge in [0, 0.05) is 11.7 Å². The van der Waals surface area contributed by atoms with E-state index in [2.05, 4.69) is 11.5 Å². The van der Waals surface area contributed by atoms with Gasteiger partial charge in [0.25, 0.3) is 0 Å². The van der Waals surface area contributed by atoms with E-state index in [0.29, 0.717) is 17.4 Å². The predicted molar refractivity (Wildman–Crippen MR) is 69.4 cm³/mol. The summed E-state index contributed by atoms with van der Waals surface area (Å²) < 4.78 is 5.20. The molecule has 0 N–H and O–H groups in total. The molecule has 1 aromatic rings. The van der Waals surface area contributed by atoms with E-state index in [1.165, 1.54) is 0 Å². The van der Waals surface area contributed by atoms with Gasteiger partial charge < -0.3 is 4.74 Å². The van der Waals surface area contributed by atoms with Crippen LogP contribution in [0.25, 0.3) is 0 Å².